The van der Waals surface area contributed by atoms with Gasteiger partial charge in [0.2, 0.25) is 11.8 Å². The number of nitrogens with two attached hydrogens (primary N) is 1. The third kappa shape index (κ3) is 5.60. The summed E-state index contributed by atoms with van der Waals surface area (Å²) in [6.07, 6.45) is -0.816. The fourth-order valence-electron chi connectivity index (χ4n) is 3.48. The van der Waals surface area contributed by atoms with Crippen LogP contribution in [0.3, 0.4) is 0 Å². The van der Waals surface area contributed by atoms with Crippen molar-refractivity contribution in [2.45, 2.75) is 44.4 Å². The van der Waals surface area contributed by atoms with E-state index in [2.05, 4.69) is 16.0 Å². The molecule has 0 saturated carbocycles. The lowest BCUT2D eigenvalue weighted by molar-refractivity contribution is -0.135. The van der Waals surface area contributed by atoms with E-state index in [1.54, 1.807) is 0 Å². The Morgan fingerprint density at radius 1 is 1.21 bits per heavy atom. The molecule has 6 N–H and O–H groups in total. The molecule has 1 fully saturated rings. The molecule has 0 aliphatic carbocycles. The average molecular weight is 390 g/mol. The molecule has 0 radical (unpaired) electrons. The van der Waals surface area contributed by atoms with Gasteiger partial charge in [-0.05, 0) is 32.4 Å². The normalized spacial score (nSPS) is 22.1. The van der Waals surface area contributed by atoms with Crippen molar-refractivity contribution in [3.05, 3.63) is 35.9 Å². The van der Waals surface area contributed by atoms with Crippen LogP contribution in [0, 0.1) is 5.92 Å². The summed E-state index contributed by atoms with van der Waals surface area (Å²) >= 11 is 0. The van der Waals surface area contributed by atoms with Crippen LogP contribution in [0.2, 0.25) is 0 Å². The van der Waals surface area contributed by atoms with Gasteiger partial charge in [-0.1, -0.05) is 30.3 Å². The lowest BCUT2D eigenvalue weighted by Gasteiger charge is -2.26. The maximum atomic E-state index is 12.9. The van der Waals surface area contributed by atoms with Gasteiger partial charge in [0.05, 0.1) is 18.1 Å². The Bertz CT molecular complexity index is 680. The van der Waals surface area contributed by atoms with E-state index in [1.807, 2.05) is 30.3 Å². The number of carbonyl (C=O) groups excluding carboxylic acids is 3. The highest BCUT2D eigenvalue weighted by Gasteiger charge is 2.37. The van der Waals surface area contributed by atoms with E-state index in [-0.39, 0.29) is 30.1 Å². The number of aliphatic hydroxyl groups is 1. The molecule has 8 nitrogen and oxygen atoms in total. The number of benzene rings is 1. The molecule has 0 bridgehead atoms. The smallest absolute Gasteiger partial charge is 0.245 e. The molecule has 2 rings (SSSR count). The van der Waals surface area contributed by atoms with Gasteiger partial charge in [0.15, 0.2) is 5.78 Å². The zero-order valence-corrected chi connectivity index (χ0v) is 16.4. The summed E-state index contributed by atoms with van der Waals surface area (Å²) in [5, 5.41) is 18.5. The molecule has 1 heterocycles. The second-order valence-corrected chi connectivity index (χ2v) is 7.26. The van der Waals surface area contributed by atoms with Crippen molar-refractivity contribution in [1.29, 1.82) is 0 Å². The highest BCUT2D eigenvalue weighted by Crippen LogP contribution is 2.28. The van der Waals surface area contributed by atoms with Crippen LogP contribution in [0.5, 0.6) is 0 Å². The van der Waals surface area contributed by atoms with Crippen LogP contribution < -0.4 is 21.7 Å². The van der Waals surface area contributed by atoms with Crippen molar-refractivity contribution in [2.75, 3.05) is 19.6 Å². The molecular weight excluding hydrogens is 360 g/mol. The van der Waals surface area contributed by atoms with Crippen molar-refractivity contribution in [3.8, 4) is 0 Å². The van der Waals surface area contributed by atoms with Crippen LogP contribution in [0.15, 0.2) is 30.3 Å². The fourth-order valence-corrected chi connectivity index (χ4v) is 3.48. The van der Waals surface area contributed by atoms with Crippen molar-refractivity contribution < 1.29 is 19.5 Å². The number of Topliss-reactive ketones (excluding diaryl/α,β-unsaturated/α-hetero) is 1. The van der Waals surface area contributed by atoms with E-state index in [0.717, 1.165) is 5.56 Å². The monoisotopic (exact) mass is 390 g/mol. The maximum absolute atomic E-state index is 12.9. The van der Waals surface area contributed by atoms with E-state index in [0.29, 0.717) is 19.5 Å². The molecule has 2 unspecified atom stereocenters. The Balaban J connectivity index is 2.07. The summed E-state index contributed by atoms with van der Waals surface area (Å²) < 4.78 is 0. The minimum absolute atomic E-state index is 0.0129. The number of amides is 2. The summed E-state index contributed by atoms with van der Waals surface area (Å²) in [4.78, 5) is 37.1. The number of hydrogen-bond acceptors (Lipinski definition) is 6. The van der Waals surface area contributed by atoms with E-state index < -0.39 is 24.1 Å². The number of aliphatic hydroxyl groups excluding tert-OH is 1. The van der Waals surface area contributed by atoms with Crippen LogP contribution in [0.1, 0.15) is 31.7 Å². The molecule has 2 amide bonds. The van der Waals surface area contributed by atoms with Gasteiger partial charge in [0.1, 0.15) is 6.04 Å². The van der Waals surface area contributed by atoms with Gasteiger partial charge in [-0.2, -0.15) is 0 Å². The first kappa shape index (κ1) is 22.0. The molecule has 5 atom stereocenters. The lowest BCUT2D eigenvalue weighted by Crippen LogP contribution is -2.57. The molecule has 154 valence electrons. The van der Waals surface area contributed by atoms with Gasteiger partial charge < -0.3 is 26.8 Å². The second kappa shape index (κ2) is 10.3. The lowest BCUT2D eigenvalue weighted by atomic mass is 9.88. The summed E-state index contributed by atoms with van der Waals surface area (Å²) in [5.41, 5.74) is 6.53. The Labute approximate surface area is 165 Å². The van der Waals surface area contributed by atoms with Crippen molar-refractivity contribution in [1.82, 2.24) is 16.0 Å². The third-order valence-corrected chi connectivity index (χ3v) is 5.10. The Morgan fingerprint density at radius 3 is 2.46 bits per heavy atom. The molecule has 0 spiro atoms. The van der Waals surface area contributed by atoms with Gasteiger partial charge in [0, 0.05) is 19.0 Å². The van der Waals surface area contributed by atoms with Crippen LogP contribution in [-0.4, -0.2) is 60.5 Å². The Morgan fingerprint density at radius 2 is 1.89 bits per heavy atom. The predicted octanol–water partition coefficient (Wildman–Crippen LogP) is -0.722. The van der Waals surface area contributed by atoms with E-state index in [9.17, 15) is 19.5 Å². The molecule has 1 aromatic rings. The zero-order valence-electron chi connectivity index (χ0n) is 16.4. The first-order chi connectivity index (χ1) is 13.3. The number of carbonyl (C=O) groups is 3. The topological polar surface area (TPSA) is 134 Å². The SMILES string of the molecule is CC(=O)[C@H](CCN)NC(=O)[C@@H](NC(=O)C1CNCC1c1ccccc1)[C@H](C)O. The average Bonchev–Trinajstić information content (AvgIpc) is 3.15. The number of rotatable bonds is 9. The molecule has 0 aromatic heterocycles. The van der Waals surface area contributed by atoms with E-state index in [1.165, 1.54) is 13.8 Å². The summed E-state index contributed by atoms with van der Waals surface area (Å²) in [5.74, 6) is -1.50. The van der Waals surface area contributed by atoms with Crippen molar-refractivity contribution >= 4 is 17.6 Å². The first-order valence-electron chi connectivity index (χ1n) is 9.60. The molecule has 1 aromatic carbocycles. The van der Waals surface area contributed by atoms with Crippen molar-refractivity contribution in [3.63, 3.8) is 0 Å². The molecular formula is C20H30N4O4. The first-order valence-corrected chi connectivity index (χ1v) is 9.60. The largest absolute Gasteiger partial charge is 0.391 e. The number of nitrogens with one attached hydrogen (secondary N) is 3. The van der Waals surface area contributed by atoms with Gasteiger partial charge in [-0.3, -0.25) is 14.4 Å². The van der Waals surface area contributed by atoms with Gasteiger partial charge in [-0.15, -0.1) is 0 Å². The fraction of sp³-hybridized carbons (Fsp3) is 0.550. The Kier molecular flexibility index (Phi) is 8.10. The summed E-state index contributed by atoms with van der Waals surface area (Å²) in [7, 11) is 0. The molecule has 1 aliphatic rings. The number of hydrogen-bond donors (Lipinski definition) is 5. The maximum Gasteiger partial charge on any atom is 0.245 e. The predicted molar refractivity (Wildman–Crippen MR) is 105 cm³/mol. The van der Waals surface area contributed by atoms with Gasteiger partial charge >= 0.3 is 0 Å². The molecule has 1 aliphatic heterocycles. The third-order valence-electron chi connectivity index (χ3n) is 5.10. The van der Waals surface area contributed by atoms with Crippen molar-refractivity contribution in [2.24, 2.45) is 11.7 Å². The standard InChI is InChI=1S/C20H30N4O4/c1-12(25)17(8-9-21)23-20(28)18(13(2)26)24-19(27)16-11-22-10-15(16)14-6-4-3-5-7-14/h3-7,13,15-18,22,26H,8-11,21H2,1-2H3,(H,23,28)(H,24,27)/t13-,15?,16?,17-,18-/m0/s1. The quantitative estimate of drug-likeness (QED) is 0.378. The zero-order chi connectivity index (χ0) is 20.7. The molecule has 1 saturated heterocycles. The minimum atomic E-state index is -1.15. The number of ketones is 1. The van der Waals surface area contributed by atoms with E-state index >= 15 is 0 Å². The Hall–Kier alpha value is -2.29. The summed E-state index contributed by atoms with van der Waals surface area (Å²) in [6.45, 7) is 4.19. The van der Waals surface area contributed by atoms with Crippen LogP contribution in [0.25, 0.3) is 0 Å². The molecule has 8 heteroatoms. The van der Waals surface area contributed by atoms with Crippen LogP contribution in [-0.2, 0) is 14.4 Å². The van der Waals surface area contributed by atoms with E-state index in [4.69, 9.17) is 5.73 Å². The second-order valence-electron chi connectivity index (χ2n) is 7.26. The highest BCUT2D eigenvalue weighted by atomic mass is 16.3. The van der Waals surface area contributed by atoms with Crippen LogP contribution >= 0.6 is 0 Å². The minimum Gasteiger partial charge on any atom is -0.391 e. The van der Waals surface area contributed by atoms with Crippen LogP contribution in [0.4, 0.5) is 0 Å². The van der Waals surface area contributed by atoms with Gasteiger partial charge in [0.25, 0.3) is 0 Å². The van der Waals surface area contributed by atoms with Gasteiger partial charge in [-0.25, -0.2) is 0 Å². The summed E-state index contributed by atoms with van der Waals surface area (Å²) in [6, 6.07) is 7.83. The molecule has 28 heavy (non-hydrogen) atoms. The highest BCUT2D eigenvalue weighted by molar-refractivity contribution is 5.93.